The molecule has 30 nitrogen and oxygen atoms in total. The van der Waals surface area contributed by atoms with E-state index in [4.69, 9.17) is 28.7 Å². The van der Waals surface area contributed by atoms with E-state index in [0.29, 0.717) is 27.8 Å². The Hall–Kier alpha value is -11.4. The van der Waals surface area contributed by atoms with E-state index in [0.717, 1.165) is 0 Å². The highest BCUT2D eigenvalue weighted by Crippen LogP contribution is 2.16. The first-order chi connectivity index (χ1) is 45.8. The summed E-state index contributed by atoms with van der Waals surface area (Å²) in [7, 11) is 0. The normalized spacial score (nSPS) is 21.2. The molecule has 1 heterocycles. The number of benzene rings is 5. The Morgan fingerprint density at radius 1 is 0.531 bits per heavy atom. The maximum absolute atomic E-state index is 14.9. The summed E-state index contributed by atoms with van der Waals surface area (Å²) in [5.41, 5.74) is 31.4. The third-order valence-electron chi connectivity index (χ3n) is 15.3. The summed E-state index contributed by atoms with van der Waals surface area (Å²) in [5, 5.41) is 45.4. The van der Waals surface area contributed by atoms with Crippen LogP contribution in [0, 0.1) is 0 Å². The molecule has 1 aliphatic rings. The van der Waals surface area contributed by atoms with Gasteiger partial charge < -0.3 is 92.0 Å². The van der Waals surface area contributed by atoms with E-state index in [-0.39, 0.29) is 68.9 Å². The molecule has 1 saturated heterocycles. The zero-order chi connectivity index (χ0) is 69.8. The molecule has 5 aromatic rings. The Bertz CT molecular complexity index is 3550. The fourth-order valence-corrected chi connectivity index (χ4v) is 10.1. The summed E-state index contributed by atoms with van der Waals surface area (Å²) in [6, 6.07) is 20.5. The van der Waals surface area contributed by atoms with E-state index < -0.39 is 157 Å². The molecule has 0 radical (unpaired) electrons. The van der Waals surface area contributed by atoms with Gasteiger partial charge in [0.25, 0.3) is 0 Å². The van der Waals surface area contributed by atoms with Crippen molar-refractivity contribution in [2.75, 3.05) is 13.1 Å². The highest BCUT2D eigenvalue weighted by Gasteiger charge is 2.37. The number of guanidine groups is 1. The number of nitrogens with two attached hydrogens (primary N) is 5. The van der Waals surface area contributed by atoms with Crippen LogP contribution in [0.1, 0.15) is 66.8 Å². The summed E-state index contributed by atoms with van der Waals surface area (Å²) in [5.74, 6) is -12.6. The maximum atomic E-state index is 14.9. The first-order valence-corrected chi connectivity index (χ1v) is 30.9. The first kappa shape index (κ1) is 73.6. The summed E-state index contributed by atoms with van der Waals surface area (Å²) in [6.07, 6.45) is -3.37. The summed E-state index contributed by atoms with van der Waals surface area (Å²) < 4.78 is 0. The van der Waals surface area contributed by atoms with Crippen LogP contribution in [0.5, 0.6) is 11.5 Å². The van der Waals surface area contributed by atoms with Gasteiger partial charge in [0.1, 0.15) is 65.9 Å². The second-order valence-electron chi connectivity index (χ2n) is 23.0. The third kappa shape index (κ3) is 24.6. The third-order valence-corrected chi connectivity index (χ3v) is 15.3. The van der Waals surface area contributed by atoms with Crippen LogP contribution in [0.2, 0.25) is 0 Å². The zero-order valence-electron chi connectivity index (χ0n) is 52.7. The fraction of sp³-hybridized carbons (Fsp3) is 0.348. The van der Waals surface area contributed by atoms with Crippen molar-refractivity contribution in [3.05, 3.63) is 167 Å². The smallest absolute Gasteiger partial charge is 0.243 e. The summed E-state index contributed by atoms with van der Waals surface area (Å²) in [4.78, 5) is 175. The number of primary amides is 2. The van der Waals surface area contributed by atoms with E-state index in [9.17, 15) is 67.7 Å². The molecule has 30 heteroatoms. The Balaban J connectivity index is 1.44. The van der Waals surface area contributed by atoms with Crippen LogP contribution in [0.15, 0.2) is 145 Å². The number of carbonyl (C=O) groups is 12. The topological polar surface area (TPSA) is 508 Å². The average molecular weight is 1320 g/mol. The lowest BCUT2D eigenvalue weighted by Gasteiger charge is -2.28. The molecule has 1 fully saturated rings. The van der Waals surface area contributed by atoms with Crippen LogP contribution < -0.4 is 81.8 Å². The molecule has 0 saturated carbocycles. The largest absolute Gasteiger partial charge is 0.508 e. The van der Waals surface area contributed by atoms with Crippen LogP contribution in [0.4, 0.5) is 0 Å². The van der Waals surface area contributed by atoms with Crippen molar-refractivity contribution in [2.24, 2.45) is 33.7 Å². The predicted molar refractivity (Wildman–Crippen MR) is 350 cm³/mol. The predicted octanol–water partition coefficient (Wildman–Crippen LogP) is -3.35. The van der Waals surface area contributed by atoms with Crippen molar-refractivity contribution in [1.29, 1.82) is 0 Å². The molecule has 5 aromatic carbocycles. The number of aromatic hydroxyl groups is 2. The van der Waals surface area contributed by atoms with Crippen molar-refractivity contribution < 1.29 is 67.7 Å². The van der Waals surface area contributed by atoms with Gasteiger partial charge in [-0.05, 0) is 84.7 Å². The molecule has 510 valence electrons. The Morgan fingerprint density at radius 2 is 0.969 bits per heavy atom. The molecule has 96 heavy (non-hydrogen) atoms. The van der Waals surface area contributed by atoms with E-state index in [1.54, 1.807) is 91.0 Å². The standard InChI is InChI=1S/C66H82N16O14/c1-37-57(88)78-49(32-38-12-5-2-6-13-38)62(93)82-53(65(96)77-48(56(69)87)31-42-21-25-44(84)26-22-42)36-55(86)72-29-27-47(75-58(89)45(67)30-41-19-23-43(83)24-20-41)60(91)76-46(18-11-28-73-66(70)71)59(90)79-50(33-39-14-7-3-8-15-39)63(94)80-51(34-40-16-9-4-10-17-40)64(95)81-52(35-54(68)85)61(92)74-37/h2-10,12-17,19-26,37,45-53,83-84H,11,18,27-36,67H2,1H3,(H2,68,85)(H2,69,87)(H,72,86)(H,74,92)(H,75,89)(H,76,91)(H,77,96)(H,78,88)(H,79,90)(H,80,94)(H,81,95)(H,82,93)(H4,70,71,73)/t37-,45-,46-,47-,48-,49-,50-,51-,52-,53-/m0/s1. The number of carbonyl (C=O) groups excluding carboxylic acids is 12. The average Bonchev–Trinajstić information content (AvgIpc) is 0.963. The van der Waals surface area contributed by atoms with Crippen LogP contribution in [-0.4, -0.2) is 161 Å². The molecule has 0 bridgehead atoms. The minimum Gasteiger partial charge on any atom is -0.508 e. The lowest BCUT2D eigenvalue weighted by molar-refractivity contribution is -0.136. The van der Waals surface area contributed by atoms with Crippen LogP contribution in [0.3, 0.4) is 0 Å². The number of aliphatic imine (C=N–C) groups is 1. The number of phenols is 2. The summed E-state index contributed by atoms with van der Waals surface area (Å²) >= 11 is 0. The minimum atomic E-state index is -1.87. The van der Waals surface area contributed by atoms with E-state index in [2.05, 4.69) is 58.2 Å². The Kier molecular flexibility index (Phi) is 28.2. The van der Waals surface area contributed by atoms with Crippen LogP contribution in [0.25, 0.3) is 0 Å². The van der Waals surface area contributed by atoms with Gasteiger partial charge in [-0.15, -0.1) is 0 Å². The van der Waals surface area contributed by atoms with E-state index >= 15 is 0 Å². The summed E-state index contributed by atoms with van der Waals surface area (Å²) in [6.45, 7) is 0.704. The van der Waals surface area contributed by atoms with Gasteiger partial charge in [0.15, 0.2) is 5.96 Å². The second-order valence-corrected chi connectivity index (χ2v) is 23.0. The van der Waals surface area contributed by atoms with Gasteiger partial charge in [-0.3, -0.25) is 62.5 Å². The van der Waals surface area contributed by atoms with Crippen molar-refractivity contribution in [2.45, 2.75) is 132 Å². The second kappa shape index (κ2) is 36.7. The zero-order valence-corrected chi connectivity index (χ0v) is 52.7. The maximum Gasteiger partial charge on any atom is 0.243 e. The monoisotopic (exact) mass is 1320 g/mol. The van der Waals surface area contributed by atoms with E-state index in [1.807, 2.05) is 0 Å². The Labute approximate surface area is 552 Å². The number of rotatable bonds is 21. The van der Waals surface area contributed by atoms with Gasteiger partial charge in [-0.25, -0.2) is 0 Å². The molecule has 0 aromatic heterocycles. The van der Waals surface area contributed by atoms with Gasteiger partial charge in [0, 0.05) is 38.8 Å². The van der Waals surface area contributed by atoms with Gasteiger partial charge >= 0.3 is 0 Å². The van der Waals surface area contributed by atoms with Crippen LogP contribution >= 0.6 is 0 Å². The number of hydrogen-bond donors (Lipinski definition) is 17. The quantitative estimate of drug-likeness (QED) is 0.0194. The fourth-order valence-electron chi connectivity index (χ4n) is 10.1. The Morgan fingerprint density at radius 3 is 1.45 bits per heavy atom. The minimum absolute atomic E-state index is 0.0358. The highest BCUT2D eigenvalue weighted by atomic mass is 16.3. The number of phenolic OH excluding ortho intramolecular Hbond substituents is 2. The molecule has 22 N–H and O–H groups in total. The van der Waals surface area contributed by atoms with Gasteiger partial charge in [0.2, 0.25) is 70.9 Å². The molecule has 0 unspecified atom stereocenters. The highest BCUT2D eigenvalue weighted by molar-refractivity contribution is 6.00. The number of nitrogens with zero attached hydrogens (tertiary/aromatic N) is 1. The molecule has 12 amide bonds. The lowest BCUT2D eigenvalue weighted by Crippen LogP contribution is -2.61. The number of hydrogen-bond acceptors (Lipinski definition) is 16. The van der Waals surface area contributed by atoms with Gasteiger partial charge in [0.05, 0.1) is 18.9 Å². The van der Waals surface area contributed by atoms with Crippen molar-refractivity contribution in [3.63, 3.8) is 0 Å². The molecular formula is C66H82N16O14. The first-order valence-electron chi connectivity index (χ1n) is 30.9. The SMILES string of the molecule is C[C@@H]1NC(=O)[C@H](CC(N)=O)NC(=O)[C@H](Cc2ccccc2)NC(=O)[C@H](Cc2ccccc2)NC(=O)[C@H](CCCN=C(N)N)NC(=O)[C@@H](NC(=O)[C@@H](N)Cc2ccc(O)cc2)CCNC(=O)C[C@@H](C(=O)N[C@@H](Cc2ccc(O)cc2)C(N)=O)NC(=O)[C@H](Cc2ccccc2)NC1=O. The van der Waals surface area contributed by atoms with Gasteiger partial charge in [-0.1, -0.05) is 115 Å². The van der Waals surface area contributed by atoms with Crippen molar-refractivity contribution >= 4 is 76.8 Å². The molecule has 0 spiro atoms. The number of nitrogens with one attached hydrogen (secondary N) is 10. The molecule has 1 aliphatic heterocycles. The van der Waals surface area contributed by atoms with Crippen molar-refractivity contribution in [1.82, 2.24) is 53.2 Å². The van der Waals surface area contributed by atoms with E-state index in [1.165, 1.54) is 55.5 Å². The molecular weight excluding hydrogens is 1240 g/mol. The molecule has 10 atom stereocenters. The van der Waals surface area contributed by atoms with Crippen molar-refractivity contribution in [3.8, 4) is 11.5 Å². The molecule has 0 aliphatic carbocycles. The molecule has 6 rings (SSSR count). The lowest BCUT2D eigenvalue weighted by atomic mass is 10.0. The van der Waals surface area contributed by atoms with Crippen LogP contribution in [-0.2, 0) is 89.6 Å². The van der Waals surface area contributed by atoms with Gasteiger partial charge in [-0.2, -0.15) is 0 Å². The number of amides is 12.